The number of hydrogen-bond donors (Lipinski definition) is 1. The lowest BCUT2D eigenvalue weighted by Gasteiger charge is -2.32. The quantitative estimate of drug-likeness (QED) is 0.585. The van der Waals surface area contributed by atoms with E-state index >= 15 is 0 Å². The van der Waals surface area contributed by atoms with E-state index in [1.54, 1.807) is 7.11 Å². The Kier molecular flexibility index (Phi) is 6.72. The van der Waals surface area contributed by atoms with Gasteiger partial charge >= 0.3 is 0 Å². The van der Waals surface area contributed by atoms with Gasteiger partial charge in [-0.2, -0.15) is 0 Å². The molecule has 0 unspecified atom stereocenters. The summed E-state index contributed by atoms with van der Waals surface area (Å²) in [4.78, 5) is 21.7. The molecule has 182 valence electrons. The molecule has 0 spiro atoms. The standard InChI is InChI=1S/C27H30N4O4/c1-30-11-13-31(14-12-30)25(32)18-19-5-3-6-20(17-19)28-23-10-9-22(29-27(23)33-2)21-7-4-8-24-26(21)35-16-15-34-24/h3-10,17,28H,11-16,18H2,1-2H3. The zero-order chi connectivity index (χ0) is 24.2. The van der Waals surface area contributed by atoms with E-state index < -0.39 is 0 Å². The number of rotatable bonds is 6. The number of amides is 1. The Labute approximate surface area is 205 Å². The van der Waals surface area contributed by atoms with Crippen molar-refractivity contribution >= 4 is 17.3 Å². The van der Waals surface area contributed by atoms with Gasteiger partial charge in [-0.05, 0) is 49.0 Å². The molecule has 1 saturated heterocycles. The summed E-state index contributed by atoms with van der Waals surface area (Å²) in [7, 11) is 3.69. The van der Waals surface area contributed by atoms with Crippen molar-refractivity contribution in [2.24, 2.45) is 0 Å². The summed E-state index contributed by atoms with van der Waals surface area (Å²) in [5, 5.41) is 3.39. The minimum atomic E-state index is 0.163. The predicted molar refractivity (Wildman–Crippen MR) is 135 cm³/mol. The normalized spacial score (nSPS) is 15.5. The Bertz CT molecular complexity index is 1210. The van der Waals surface area contributed by atoms with Crippen LogP contribution >= 0.6 is 0 Å². The number of nitrogens with zero attached hydrogens (tertiary/aromatic N) is 3. The molecule has 3 heterocycles. The minimum Gasteiger partial charge on any atom is -0.486 e. The van der Waals surface area contributed by atoms with Crippen LogP contribution in [0.1, 0.15) is 5.56 Å². The van der Waals surface area contributed by atoms with Gasteiger partial charge in [0.1, 0.15) is 18.9 Å². The van der Waals surface area contributed by atoms with E-state index in [1.807, 2.05) is 59.5 Å². The number of carbonyl (C=O) groups is 1. The monoisotopic (exact) mass is 474 g/mol. The number of nitrogens with one attached hydrogen (secondary N) is 1. The molecule has 0 atom stereocenters. The average Bonchev–Trinajstić information content (AvgIpc) is 2.89. The van der Waals surface area contributed by atoms with Crippen molar-refractivity contribution in [3.63, 3.8) is 0 Å². The van der Waals surface area contributed by atoms with Crippen LogP contribution in [-0.4, -0.2) is 74.2 Å². The molecule has 0 saturated carbocycles. The molecule has 8 nitrogen and oxygen atoms in total. The molecule has 1 amide bonds. The van der Waals surface area contributed by atoms with E-state index in [0.717, 1.165) is 60.1 Å². The van der Waals surface area contributed by atoms with E-state index in [0.29, 0.717) is 31.3 Å². The van der Waals surface area contributed by atoms with Crippen LogP contribution in [0.4, 0.5) is 11.4 Å². The number of aromatic nitrogens is 1. The first kappa shape index (κ1) is 23.0. The second kappa shape index (κ2) is 10.2. The lowest BCUT2D eigenvalue weighted by Crippen LogP contribution is -2.47. The molecule has 5 rings (SSSR count). The molecule has 1 aromatic heterocycles. The van der Waals surface area contributed by atoms with Gasteiger partial charge in [0.25, 0.3) is 0 Å². The van der Waals surface area contributed by atoms with Crippen LogP contribution in [0.25, 0.3) is 11.3 Å². The zero-order valence-corrected chi connectivity index (χ0v) is 20.1. The Hall–Kier alpha value is -3.78. The summed E-state index contributed by atoms with van der Waals surface area (Å²) < 4.78 is 17.1. The number of para-hydroxylation sites is 1. The molecule has 0 radical (unpaired) electrons. The van der Waals surface area contributed by atoms with Crippen molar-refractivity contribution in [2.45, 2.75) is 6.42 Å². The van der Waals surface area contributed by atoms with Crippen molar-refractivity contribution < 1.29 is 19.0 Å². The predicted octanol–water partition coefficient (Wildman–Crippen LogP) is 3.59. The van der Waals surface area contributed by atoms with E-state index in [9.17, 15) is 4.79 Å². The SMILES string of the molecule is COc1nc(-c2cccc3c2OCCO3)ccc1Nc1cccc(CC(=O)N2CCN(C)CC2)c1. The molecule has 0 aliphatic carbocycles. The fourth-order valence-corrected chi connectivity index (χ4v) is 4.37. The maximum Gasteiger partial charge on any atom is 0.238 e. The van der Waals surface area contributed by atoms with Crippen LogP contribution in [0.5, 0.6) is 17.4 Å². The lowest BCUT2D eigenvalue weighted by atomic mass is 10.1. The van der Waals surface area contributed by atoms with Crippen molar-refractivity contribution in [1.82, 2.24) is 14.8 Å². The van der Waals surface area contributed by atoms with Gasteiger partial charge in [0.05, 0.1) is 19.2 Å². The summed E-state index contributed by atoms with van der Waals surface area (Å²) in [5.41, 5.74) is 4.17. The number of ether oxygens (including phenoxy) is 3. The smallest absolute Gasteiger partial charge is 0.238 e. The first-order valence-corrected chi connectivity index (χ1v) is 11.9. The molecule has 8 heteroatoms. The number of methoxy groups -OCH3 is 1. The number of anilines is 2. The molecule has 2 aliphatic heterocycles. The van der Waals surface area contributed by atoms with Crippen LogP contribution in [0, 0.1) is 0 Å². The first-order chi connectivity index (χ1) is 17.1. The fourth-order valence-electron chi connectivity index (χ4n) is 4.37. The van der Waals surface area contributed by atoms with Gasteiger partial charge in [-0.15, -0.1) is 0 Å². The number of pyridine rings is 1. The summed E-state index contributed by atoms with van der Waals surface area (Å²) in [6.07, 6.45) is 0.384. The highest BCUT2D eigenvalue weighted by molar-refractivity contribution is 5.80. The number of likely N-dealkylation sites (N-methyl/N-ethyl adjacent to an activating group) is 1. The Balaban J connectivity index is 1.32. The van der Waals surface area contributed by atoms with Gasteiger partial charge < -0.3 is 29.3 Å². The van der Waals surface area contributed by atoms with Crippen LogP contribution in [-0.2, 0) is 11.2 Å². The van der Waals surface area contributed by atoms with Gasteiger partial charge in [-0.1, -0.05) is 18.2 Å². The molecule has 1 fully saturated rings. The highest BCUT2D eigenvalue weighted by Crippen LogP contribution is 2.40. The van der Waals surface area contributed by atoms with Crippen LogP contribution in [0.2, 0.25) is 0 Å². The number of hydrogen-bond acceptors (Lipinski definition) is 7. The third kappa shape index (κ3) is 5.17. The van der Waals surface area contributed by atoms with Gasteiger partial charge in [0.2, 0.25) is 11.8 Å². The zero-order valence-electron chi connectivity index (χ0n) is 20.1. The number of fused-ring (bicyclic) bond motifs is 1. The topological polar surface area (TPSA) is 76.2 Å². The van der Waals surface area contributed by atoms with Crippen molar-refractivity contribution in [1.29, 1.82) is 0 Å². The van der Waals surface area contributed by atoms with E-state index in [4.69, 9.17) is 19.2 Å². The number of piperazine rings is 1. The molecule has 0 bridgehead atoms. The Morgan fingerprint density at radius 3 is 2.66 bits per heavy atom. The molecular formula is C27H30N4O4. The summed E-state index contributed by atoms with van der Waals surface area (Å²) in [5.74, 6) is 2.05. The van der Waals surface area contributed by atoms with Gasteiger partial charge in [0.15, 0.2) is 11.5 Å². The maximum atomic E-state index is 12.8. The summed E-state index contributed by atoms with van der Waals surface area (Å²) in [6.45, 7) is 4.45. The lowest BCUT2D eigenvalue weighted by molar-refractivity contribution is -0.132. The highest BCUT2D eigenvalue weighted by Gasteiger charge is 2.20. The van der Waals surface area contributed by atoms with E-state index in [2.05, 4.69) is 17.3 Å². The maximum absolute atomic E-state index is 12.8. The third-order valence-electron chi connectivity index (χ3n) is 6.31. The fraction of sp³-hybridized carbons (Fsp3) is 0.333. The van der Waals surface area contributed by atoms with Gasteiger partial charge in [-0.3, -0.25) is 4.79 Å². The molecule has 1 N–H and O–H groups in total. The first-order valence-electron chi connectivity index (χ1n) is 11.9. The van der Waals surface area contributed by atoms with Gasteiger partial charge in [0, 0.05) is 37.4 Å². The second-order valence-corrected chi connectivity index (χ2v) is 8.77. The molecular weight excluding hydrogens is 444 g/mol. The number of benzene rings is 2. The van der Waals surface area contributed by atoms with Crippen molar-refractivity contribution in [3.8, 4) is 28.6 Å². The number of carbonyl (C=O) groups excluding carboxylic acids is 1. The summed E-state index contributed by atoms with van der Waals surface area (Å²) in [6, 6.07) is 17.6. The molecule has 2 aliphatic rings. The molecule has 35 heavy (non-hydrogen) atoms. The van der Waals surface area contributed by atoms with Crippen LogP contribution in [0.3, 0.4) is 0 Å². The summed E-state index contributed by atoms with van der Waals surface area (Å²) >= 11 is 0. The molecule has 3 aromatic rings. The molecule has 2 aromatic carbocycles. The average molecular weight is 475 g/mol. The largest absolute Gasteiger partial charge is 0.486 e. The highest BCUT2D eigenvalue weighted by atomic mass is 16.6. The van der Waals surface area contributed by atoms with Crippen molar-refractivity contribution in [3.05, 3.63) is 60.2 Å². The Morgan fingerprint density at radius 2 is 1.83 bits per heavy atom. The Morgan fingerprint density at radius 1 is 1.03 bits per heavy atom. The van der Waals surface area contributed by atoms with Gasteiger partial charge in [-0.25, -0.2) is 4.98 Å². The minimum absolute atomic E-state index is 0.163. The van der Waals surface area contributed by atoms with E-state index in [1.165, 1.54) is 0 Å². The third-order valence-corrected chi connectivity index (χ3v) is 6.31. The van der Waals surface area contributed by atoms with Crippen LogP contribution in [0.15, 0.2) is 54.6 Å². The van der Waals surface area contributed by atoms with Crippen LogP contribution < -0.4 is 19.5 Å². The van der Waals surface area contributed by atoms with Crippen molar-refractivity contribution in [2.75, 3.05) is 58.9 Å². The van der Waals surface area contributed by atoms with E-state index in [-0.39, 0.29) is 5.91 Å². The second-order valence-electron chi connectivity index (χ2n) is 8.77.